The van der Waals surface area contributed by atoms with Gasteiger partial charge in [-0.1, -0.05) is 0 Å². The Labute approximate surface area is 111 Å². The molecular formula is C12H26MnN3+. The van der Waals surface area contributed by atoms with Gasteiger partial charge in [-0.05, 0) is 7.05 Å². The third-order valence-corrected chi connectivity index (χ3v) is 4.61. The van der Waals surface area contributed by atoms with Crippen LogP contribution in [0.1, 0.15) is 0 Å². The Morgan fingerprint density at radius 3 is 2.38 bits per heavy atom. The van der Waals surface area contributed by atoms with Crippen molar-refractivity contribution in [2.24, 2.45) is 0 Å². The molecule has 0 aromatic carbocycles. The summed E-state index contributed by atoms with van der Waals surface area (Å²) in [6.45, 7) is 12.0. The maximum Gasteiger partial charge on any atom is 0.128 e. The van der Waals surface area contributed by atoms with Gasteiger partial charge >= 0.3 is 0 Å². The Morgan fingerprint density at radius 2 is 1.75 bits per heavy atom. The minimum Gasteiger partial charge on any atom is -0.335 e. The zero-order valence-electron chi connectivity index (χ0n) is 11.2. The number of quaternary nitrogens is 2. The number of likely N-dealkylation sites (N-methyl/N-ethyl adjacent to an activating group) is 3. The Balaban J connectivity index is 0.00000128. The van der Waals surface area contributed by atoms with Crippen molar-refractivity contribution in [3.8, 4) is 0 Å². The average molecular weight is 267 g/mol. The molecule has 0 aromatic heterocycles. The van der Waals surface area contributed by atoms with Gasteiger partial charge in [-0.25, -0.2) is 0 Å². The fourth-order valence-corrected chi connectivity index (χ4v) is 3.32. The molecule has 2 rings (SSSR count). The molecule has 2 heterocycles. The first-order chi connectivity index (χ1) is 6.77. The summed E-state index contributed by atoms with van der Waals surface area (Å²) in [6.07, 6.45) is 0. The van der Waals surface area contributed by atoms with E-state index in [0.29, 0.717) is 0 Å². The predicted molar refractivity (Wildman–Crippen MR) is 63.3 cm³/mol. The third-order valence-electron chi connectivity index (χ3n) is 4.61. The van der Waals surface area contributed by atoms with Gasteiger partial charge in [0, 0.05) is 35.7 Å². The number of fused-ring (bicyclic) bond motifs is 1. The molecule has 4 heteroatoms. The van der Waals surface area contributed by atoms with Crippen LogP contribution >= 0.6 is 0 Å². The van der Waals surface area contributed by atoms with Crippen molar-refractivity contribution >= 4 is 0 Å². The van der Waals surface area contributed by atoms with E-state index >= 15 is 0 Å². The van der Waals surface area contributed by atoms with Gasteiger partial charge in [-0.15, -0.1) is 0 Å². The van der Waals surface area contributed by atoms with Crippen molar-refractivity contribution < 1.29 is 26.0 Å². The SMILES string of the molecule is [CH2-]C12CN(C)CC[N+]1(C)CC[N+](C)(C)C2.[Mn]. The molecule has 1 radical (unpaired) electrons. The van der Waals surface area contributed by atoms with Crippen molar-refractivity contribution in [2.45, 2.75) is 5.54 Å². The first kappa shape index (κ1) is 14.5. The van der Waals surface area contributed by atoms with Crippen LogP contribution in [0.4, 0.5) is 0 Å². The van der Waals surface area contributed by atoms with E-state index in [0.717, 1.165) is 11.0 Å². The fourth-order valence-electron chi connectivity index (χ4n) is 3.32. The standard InChI is InChI=1S/C12H26N3.Mn/c1-12-10-13(2)6-7-15(12,5)9-8-14(3,4)11-12;/h1,6-11H2,2-5H3;/q+1;. The van der Waals surface area contributed by atoms with Gasteiger partial charge in [0.2, 0.25) is 0 Å². The molecular weight excluding hydrogens is 241 g/mol. The normalized spacial score (nSPS) is 43.3. The van der Waals surface area contributed by atoms with Crippen LogP contribution in [0.25, 0.3) is 0 Å². The molecule has 2 saturated heterocycles. The van der Waals surface area contributed by atoms with Crippen LogP contribution in [-0.2, 0) is 17.1 Å². The van der Waals surface area contributed by atoms with E-state index in [1.54, 1.807) is 0 Å². The van der Waals surface area contributed by atoms with Crippen molar-refractivity contribution in [1.29, 1.82) is 0 Å². The number of piperazine rings is 2. The summed E-state index contributed by atoms with van der Waals surface area (Å²) in [4.78, 5) is 2.44. The zero-order valence-corrected chi connectivity index (χ0v) is 12.3. The fraction of sp³-hybridized carbons (Fsp3) is 0.917. The van der Waals surface area contributed by atoms with Crippen LogP contribution < -0.4 is 0 Å². The second-order valence-corrected chi connectivity index (χ2v) is 6.62. The van der Waals surface area contributed by atoms with Gasteiger partial charge in [0.05, 0.1) is 27.7 Å². The van der Waals surface area contributed by atoms with Gasteiger partial charge in [-0.3, -0.25) is 11.8 Å². The molecule has 2 aliphatic heterocycles. The smallest absolute Gasteiger partial charge is 0.128 e. The monoisotopic (exact) mass is 267 g/mol. The second-order valence-electron chi connectivity index (χ2n) is 6.62. The van der Waals surface area contributed by atoms with Gasteiger partial charge in [0.25, 0.3) is 0 Å². The van der Waals surface area contributed by atoms with E-state index in [2.05, 4.69) is 40.0 Å². The molecule has 16 heavy (non-hydrogen) atoms. The largest absolute Gasteiger partial charge is 0.335 e. The maximum atomic E-state index is 4.58. The first-order valence-corrected chi connectivity index (χ1v) is 5.97. The Morgan fingerprint density at radius 1 is 1.12 bits per heavy atom. The molecule has 0 aliphatic carbocycles. The Hall–Kier alpha value is 0.399. The number of hydrogen-bond donors (Lipinski definition) is 0. The molecule has 0 saturated carbocycles. The van der Waals surface area contributed by atoms with E-state index < -0.39 is 0 Å². The molecule has 3 nitrogen and oxygen atoms in total. The Kier molecular flexibility index (Phi) is 3.84. The number of hydrogen-bond acceptors (Lipinski definition) is 1. The Bertz CT molecular complexity index is 269. The summed E-state index contributed by atoms with van der Waals surface area (Å²) < 4.78 is 2.31. The minimum absolute atomic E-state index is 0. The third kappa shape index (κ3) is 2.32. The zero-order chi connectivity index (χ0) is 11.3. The molecule has 2 atom stereocenters. The van der Waals surface area contributed by atoms with E-state index in [4.69, 9.17) is 0 Å². The van der Waals surface area contributed by atoms with E-state index in [1.807, 2.05) is 0 Å². The van der Waals surface area contributed by atoms with Crippen LogP contribution in [0.5, 0.6) is 0 Å². The summed E-state index contributed by atoms with van der Waals surface area (Å²) in [6, 6.07) is 0. The molecule has 0 spiro atoms. The average Bonchev–Trinajstić information content (AvgIpc) is 2.07. The quantitative estimate of drug-likeness (QED) is 0.340. The molecule has 2 aliphatic rings. The van der Waals surface area contributed by atoms with Crippen LogP contribution in [0.2, 0.25) is 0 Å². The van der Waals surface area contributed by atoms with E-state index in [1.165, 1.54) is 37.2 Å². The maximum absolute atomic E-state index is 4.58. The molecule has 0 amide bonds. The predicted octanol–water partition coefficient (Wildman–Crippen LogP) is 0.0388. The topological polar surface area (TPSA) is 3.24 Å². The van der Waals surface area contributed by atoms with Gasteiger partial charge < -0.3 is 8.97 Å². The van der Waals surface area contributed by atoms with Gasteiger partial charge in [0.15, 0.2) is 0 Å². The van der Waals surface area contributed by atoms with Crippen LogP contribution in [0, 0.1) is 6.92 Å². The van der Waals surface area contributed by atoms with Crippen molar-refractivity contribution in [3.05, 3.63) is 6.92 Å². The molecule has 2 unspecified atom stereocenters. The van der Waals surface area contributed by atoms with Gasteiger partial charge in [-0.2, -0.15) is 0 Å². The minimum atomic E-state index is 0. The van der Waals surface area contributed by atoms with Gasteiger partial charge in [0.1, 0.15) is 19.6 Å². The molecule has 0 bridgehead atoms. The number of rotatable bonds is 0. The van der Waals surface area contributed by atoms with Crippen LogP contribution in [-0.4, -0.2) is 86.9 Å². The van der Waals surface area contributed by atoms with E-state index in [-0.39, 0.29) is 22.6 Å². The van der Waals surface area contributed by atoms with Crippen LogP contribution in [0.3, 0.4) is 0 Å². The number of nitrogens with zero attached hydrogens (tertiary/aromatic N) is 3. The summed E-state index contributed by atoms with van der Waals surface area (Å²) >= 11 is 0. The summed E-state index contributed by atoms with van der Waals surface area (Å²) in [5.41, 5.74) is 0.203. The summed E-state index contributed by atoms with van der Waals surface area (Å²) in [5, 5.41) is 0. The molecule has 95 valence electrons. The van der Waals surface area contributed by atoms with Crippen molar-refractivity contribution in [2.75, 3.05) is 67.5 Å². The molecule has 0 N–H and O–H groups in total. The summed E-state index contributed by atoms with van der Waals surface area (Å²) in [7, 11) is 9.31. The summed E-state index contributed by atoms with van der Waals surface area (Å²) in [5.74, 6) is 0. The molecule has 2 fully saturated rings. The van der Waals surface area contributed by atoms with E-state index in [9.17, 15) is 0 Å². The van der Waals surface area contributed by atoms with Crippen molar-refractivity contribution in [1.82, 2.24) is 4.90 Å². The second kappa shape index (κ2) is 4.25. The molecule has 0 aromatic rings. The van der Waals surface area contributed by atoms with Crippen LogP contribution in [0.15, 0.2) is 0 Å². The first-order valence-electron chi connectivity index (χ1n) is 5.97. The van der Waals surface area contributed by atoms with Crippen molar-refractivity contribution in [3.63, 3.8) is 0 Å².